The number of hydrogen-bond donors (Lipinski definition) is 0. The van der Waals surface area contributed by atoms with Crippen LogP contribution >= 0.6 is 11.6 Å². The molecule has 10 heteroatoms. The van der Waals surface area contributed by atoms with Gasteiger partial charge in [-0.1, -0.05) is 256 Å². The fourth-order valence-electron chi connectivity index (χ4n) is 17.8. The molecule has 21 rings (SSSR count). The van der Waals surface area contributed by atoms with Gasteiger partial charge in [-0.25, -0.2) is 19.9 Å². The van der Waals surface area contributed by atoms with Gasteiger partial charge in [0.2, 0.25) is 0 Å². The first kappa shape index (κ1) is 67.3. The normalized spacial score (nSPS) is 16.0. The van der Waals surface area contributed by atoms with Crippen LogP contribution in [0.4, 0.5) is 0 Å². The van der Waals surface area contributed by atoms with E-state index in [0.29, 0.717) is 16.7 Å². The molecule has 1 saturated heterocycles. The summed E-state index contributed by atoms with van der Waals surface area (Å²) in [6.07, 6.45) is 13.0. The number of hydrogen-bond acceptors (Lipinski definition) is 8. The van der Waals surface area contributed by atoms with E-state index in [1.807, 2.05) is 121 Å². The van der Waals surface area contributed by atoms with E-state index in [4.69, 9.17) is 49.7 Å². The van der Waals surface area contributed by atoms with Crippen LogP contribution < -0.4 is 5.46 Å². The molecule has 4 aromatic heterocycles. The molecule has 0 amide bonds. The van der Waals surface area contributed by atoms with Crippen molar-refractivity contribution in [2.75, 3.05) is 0 Å². The summed E-state index contributed by atoms with van der Waals surface area (Å²) in [4.78, 5) is 19.9. The molecule has 108 heavy (non-hydrogen) atoms. The minimum absolute atomic E-state index is 0.172. The van der Waals surface area contributed by atoms with Crippen molar-refractivity contribution in [2.45, 2.75) is 114 Å². The van der Waals surface area contributed by atoms with Crippen LogP contribution in [0.15, 0.2) is 300 Å². The Hall–Kier alpha value is -11.3. The molecule has 5 aliphatic rings. The Morgan fingerprint density at radius 3 is 1.09 bits per heavy atom. The van der Waals surface area contributed by atoms with Crippen LogP contribution in [0.25, 0.3) is 145 Å². The summed E-state index contributed by atoms with van der Waals surface area (Å²) in [5, 5.41) is 4.89. The summed E-state index contributed by atoms with van der Waals surface area (Å²) in [6.45, 7) is 8.47. The highest BCUT2D eigenvalue weighted by Crippen LogP contribution is 2.58. The summed E-state index contributed by atoms with van der Waals surface area (Å²) in [7, 11) is -0.296. The van der Waals surface area contributed by atoms with Crippen LogP contribution in [0.2, 0.25) is 5.02 Å². The van der Waals surface area contributed by atoms with E-state index in [1.165, 1.54) is 120 Å². The molecule has 2 saturated carbocycles. The van der Waals surface area contributed by atoms with Gasteiger partial charge in [-0.05, 0) is 199 Å². The van der Waals surface area contributed by atoms with E-state index in [1.54, 1.807) is 0 Å². The smallest absolute Gasteiger partial charge is 0.456 e. The van der Waals surface area contributed by atoms with E-state index < -0.39 is 0 Å². The maximum Gasteiger partial charge on any atom is 0.494 e. The summed E-state index contributed by atoms with van der Waals surface area (Å²) >= 11 is 6.25. The summed E-state index contributed by atoms with van der Waals surface area (Å²) in [5.74, 6) is 1.41. The van der Waals surface area contributed by atoms with E-state index in [-0.39, 0.29) is 29.2 Å². The van der Waals surface area contributed by atoms with Gasteiger partial charge in [0.15, 0.2) is 11.6 Å². The molecular formula is C98H80BClN4O4. The Morgan fingerprint density at radius 1 is 0.287 bits per heavy atom. The molecule has 526 valence electrons. The molecular weight excluding hydrogens is 1340 g/mol. The van der Waals surface area contributed by atoms with Crippen molar-refractivity contribution in [2.24, 2.45) is 0 Å². The van der Waals surface area contributed by atoms with Crippen LogP contribution in [0.1, 0.15) is 114 Å². The third-order valence-electron chi connectivity index (χ3n) is 24.0. The van der Waals surface area contributed by atoms with Crippen molar-refractivity contribution >= 4 is 68.1 Å². The standard InChI is InChI=1S/C46H34N2O.C28H17ClN2O.C24H29BO2/c1-4-12-30(13-5-1)41-29-42(48-45(47-41)31-14-6-2-7-15-31)34-20-23-44-38(28-34)37-27-33(19-22-43(37)49-44)32-18-21-40-36(26-32)35-16-8-9-17-39(35)46(40)24-10-3-11-25-46;29-21-12-14-27-23(16-21)22-15-20(11-13-26(22)32-27)25-17-24(18-7-3-1-4-8-18)30-28(31-25)19-9-5-2-6-10-19;1-22(2)23(3,4)27-25(26-22)17-12-13-21-19(16-17)18-10-6-7-11-20(18)24(21)14-8-5-9-15-24/h1-2,4-9,12-23,26-29H,3,10-11,24-25H2;1-17H;6-7,10-13,16H,5,8-9,14-15H2,1-4H3. The van der Waals surface area contributed by atoms with Gasteiger partial charge in [0.25, 0.3) is 0 Å². The molecule has 3 fully saturated rings. The molecule has 0 N–H and O–H groups in total. The SMILES string of the molecule is CC1(C)OB(c2ccc3c(c2)-c2ccccc2C32CCCCC2)OC1(C)C.Clc1ccc2oc3ccc(-c4cc(-c5ccccc5)nc(-c5ccccc5)n4)cc3c2c1.c1ccc(-c2cc(-c3ccc4oc5ccc(-c6ccc7c(c6)-c6ccccc6C76CCCCC6)cc5c4c3)nc(-c3ccccc3)n2)cc1. The monoisotopic (exact) mass is 1420 g/mol. The number of aromatic nitrogens is 4. The largest absolute Gasteiger partial charge is 0.494 e. The second kappa shape index (κ2) is 27.2. The summed E-state index contributed by atoms with van der Waals surface area (Å²) < 4.78 is 25.0. The maximum atomic E-state index is 6.38. The summed E-state index contributed by atoms with van der Waals surface area (Å²) in [6, 6.07) is 102. The molecule has 0 atom stereocenters. The highest BCUT2D eigenvalue weighted by atomic mass is 35.5. The molecule has 0 bridgehead atoms. The molecule has 4 aliphatic carbocycles. The van der Waals surface area contributed by atoms with Gasteiger partial charge in [-0.2, -0.15) is 0 Å². The van der Waals surface area contributed by atoms with Crippen LogP contribution in [-0.2, 0) is 20.1 Å². The number of benzene rings is 12. The first-order valence-corrected chi connectivity index (χ1v) is 38.6. The second-order valence-electron chi connectivity index (χ2n) is 30.9. The third-order valence-corrected chi connectivity index (χ3v) is 24.2. The van der Waals surface area contributed by atoms with Crippen molar-refractivity contribution in [1.82, 2.24) is 19.9 Å². The molecule has 8 nitrogen and oxygen atoms in total. The van der Waals surface area contributed by atoms with Gasteiger partial charge < -0.3 is 18.1 Å². The Morgan fingerprint density at radius 2 is 0.630 bits per heavy atom. The topological polar surface area (TPSA) is 96.3 Å². The number of furan rings is 2. The molecule has 0 unspecified atom stereocenters. The lowest BCUT2D eigenvalue weighted by atomic mass is 9.67. The van der Waals surface area contributed by atoms with Crippen molar-refractivity contribution in [1.29, 1.82) is 0 Å². The highest BCUT2D eigenvalue weighted by Gasteiger charge is 2.53. The molecule has 0 radical (unpaired) electrons. The van der Waals surface area contributed by atoms with Crippen molar-refractivity contribution in [3.05, 3.63) is 318 Å². The lowest BCUT2D eigenvalue weighted by Gasteiger charge is -2.36. The Kier molecular flexibility index (Phi) is 16.9. The lowest BCUT2D eigenvalue weighted by Crippen LogP contribution is -2.41. The number of nitrogens with zero attached hydrogens (tertiary/aromatic N) is 4. The number of fused-ring (bicyclic) bond motifs is 16. The first-order chi connectivity index (χ1) is 52.8. The molecule has 2 spiro atoms. The minimum Gasteiger partial charge on any atom is -0.456 e. The minimum atomic E-state index is -0.306. The van der Waals surface area contributed by atoms with Gasteiger partial charge in [0.05, 0.1) is 34.0 Å². The maximum absolute atomic E-state index is 6.38. The van der Waals surface area contributed by atoms with E-state index >= 15 is 0 Å². The van der Waals surface area contributed by atoms with E-state index in [0.717, 1.165) is 105 Å². The van der Waals surface area contributed by atoms with Crippen LogP contribution in [-0.4, -0.2) is 38.3 Å². The predicted octanol–water partition coefficient (Wildman–Crippen LogP) is 25.5. The third kappa shape index (κ3) is 11.9. The first-order valence-electron chi connectivity index (χ1n) is 38.3. The fraction of sp³-hybridized carbons (Fsp3) is 0.184. The van der Waals surface area contributed by atoms with Crippen LogP contribution in [0.5, 0.6) is 0 Å². The fourth-order valence-corrected chi connectivity index (χ4v) is 18.0. The number of halogens is 1. The van der Waals surface area contributed by atoms with Gasteiger partial charge in [0.1, 0.15) is 22.3 Å². The zero-order chi connectivity index (χ0) is 72.7. The van der Waals surface area contributed by atoms with Crippen molar-refractivity contribution in [3.63, 3.8) is 0 Å². The Labute approximate surface area is 635 Å². The van der Waals surface area contributed by atoms with Gasteiger partial charge >= 0.3 is 7.12 Å². The molecule has 1 aliphatic heterocycles. The van der Waals surface area contributed by atoms with Gasteiger partial charge in [-0.3, -0.25) is 0 Å². The predicted molar refractivity (Wildman–Crippen MR) is 442 cm³/mol. The number of rotatable bonds is 8. The molecule has 16 aromatic rings. The average Bonchev–Trinajstić information content (AvgIpc) is 1.58. The zero-order valence-electron chi connectivity index (χ0n) is 61.2. The van der Waals surface area contributed by atoms with Gasteiger partial charge in [-0.15, -0.1) is 0 Å². The quantitative estimate of drug-likeness (QED) is 0.139. The Balaban J connectivity index is 0.000000117. The van der Waals surface area contributed by atoms with E-state index in [2.05, 4.69) is 198 Å². The van der Waals surface area contributed by atoms with Crippen LogP contribution in [0, 0.1) is 0 Å². The zero-order valence-corrected chi connectivity index (χ0v) is 61.9. The van der Waals surface area contributed by atoms with Crippen LogP contribution in [0.3, 0.4) is 0 Å². The highest BCUT2D eigenvalue weighted by molar-refractivity contribution is 6.62. The van der Waals surface area contributed by atoms with Crippen molar-refractivity contribution < 1.29 is 18.1 Å². The Bertz CT molecular complexity index is 5990. The second-order valence-corrected chi connectivity index (χ2v) is 31.3. The molecule has 5 heterocycles. The summed E-state index contributed by atoms with van der Waals surface area (Å²) in [5.41, 5.74) is 28.1. The van der Waals surface area contributed by atoms with Crippen molar-refractivity contribution in [3.8, 4) is 101 Å². The van der Waals surface area contributed by atoms with E-state index in [9.17, 15) is 0 Å². The average molecular weight is 1420 g/mol. The lowest BCUT2D eigenvalue weighted by molar-refractivity contribution is 0.00578. The molecule has 12 aromatic carbocycles. The van der Waals surface area contributed by atoms with Gasteiger partial charge in [0, 0.05) is 70.8 Å².